The Morgan fingerprint density at radius 1 is 0.731 bits per heavy atom. The van der Waals surface area contributed by atoms with Gasteiger partial charge in [0.15, 0.2) is 0 Å². The minimum atomic E-state index is -1.09. The Labute approximate surface area is 162 Å². The lowest BCUT2D eigenvalue weighted by molar-refractivity contribution is -0.133. The normalized spacial score (nSPS) is 27.2. The van der Waals surface area contributed by atoms with E-state index in [1.165, 1.54) is 0 Å². The van der Waals surface area contributed by atoms with Crippen LogP contribution in [0.3, 0.4) is 0 Å². The number of anilines is 2. The van der Waals surface area contributed by atoms with Crippen molar-refractivity contribution in [3.05, 3.63) is 57.6 Å². The van der Waals surface area contributed by atoms with Crippen LogP contribution in [0.15, 0.2) is 36.4 Å². The molecule has 0 bridgehead atoms. The predicted molar refractivity (Wildman–Crippen MR) is 104 cm³/mol. The molecule has 0 spiro atoms. The fourth-order valence-electron chi connectivity index (χ4n) is 4.49. The molecule has 2 unspecified atom stereocenters. The first-order chi connectivity index (χ1) is 12.1. The molecular weight excluding hydrogens is 371 g/mol. The first-order valence-corrected chi connectivity index (χ1v) is 9.06. The van der Waals surface area contributed by atoms with Gasteiger partial charge in [-0.25, -0.2) is 0 Å². The zero-order valence-electron chi connectivity index (χ0n) is 14.9. The van der Waals surface area contributed by atoms with Crippen LogP contribution in [-0.2, 0) is 20.4 Å². The van der Waals surface area contributed by atoms with Crippen molar-refractivity contribution < 1.29 is 9.59 Å². The van der Waals surface area contributed by atoms with Crippen LogP contribution in [0.4, 0.5) is 11.4 Å². The van der Waals surface area contributed by atoms with Crippen molar-refractivity contribution in [3.63, 3.8) is 0 Å². The molecule has 0 radical (unpaired) electrons. The summed E-state index contributed by atoms with van der Waals surface area (Å²) in [4.78, 5) is 30.0. The molecular formula is C20H18Cl2N2O2. The number of halogens is 2. The molecule has 4 nitrogen and oxygen atoms in total. The van der Waals surface area contributed by atoms with Crippen molar-refractivity contribution in [1.29, 1.82) is 0 Å². The van der Waals surface area contributed by atoms with Gasteiger partial charge in [-0.05, 0) is 61.4 Å². The molecule has 0 saturated heterocycles. The van der Waals surface area contributed by atoms with Crippen molar-refractivity contribution in [2.24, 2.45) is 0 Å². The quantitative estimate of drug-likeness (QED) is 0.735. The van der Waals surface area contributed by atoms with Gasteiger partial charge >= 0.3 is 0 Å². The van der Waals surface area contributed by atoms with Gasteiger partial charge in [-0.2, -0.15) is 0 Å². The van der Waals surface area contributed by atoms with Crippen LogP contribution in [-0.4, -0.2) is 25.9 Å². The molecule has 26 heavy (non-hydrogen) atoms. The number of amides is 2. The Bertz CT molecular complexity index is 910. The van der Waals surface area contributed by atoms with Gasteiger partial charge in [0.1, 0.15) is 0 Å². The minimum Gasteiger partial charge on any atom is -0.314 e. The molecule has 0 aliphatic carbocycles. The van der Waals surface area contributed by atoms with Crippen LogP contribution in [0.25, 0.3) is 0 Å². The van der Waals surface area contributed by atoms with E-state index in [1.54, 1.807) is 48.2 Å². The van der Waals surface area contributed by atoms with E-state index in [4.69, 9.17) is 23.2 Å². The molecule has 4 rings (SSSR count). The van der Waals surface area contributed by atoms with Gasteiger partial charge in [-0.15, -0.1) is 0 Å². The van der Waals surface area contributed by atoms with E-state index < -0.39 is 10.8 Å². The van der Waals surface area contributed by atoms with E-state index >= 15 is 0 Å². The van der Waals surface area contributed by atoms with Gasteiger partial charge in [0, 0.05) is 35.5 Å². The summed E-state index contributed by atoms with van der Waals surface area (Å²) >= 11 is 12.5. The van der Waals surface area contributed by atoms with E-state index in [0.717, 1.165) is 22.5 Å². The van der Waals surface area contributed by atoms with Gasteiger partial charge < -0.3 is 9.80 Å². The van der Waals surface area contributed by atoms with Crippen LogP contribution in [0, 0.1) is 0 Å². The van der Waals surface area contributed by atoms with Crippen molar-refractivity contribution in [3.8, 4) is 0 Å². The molecule has 0 fully saturated rings. The Hall–Kier alpha value is -2.04. The summed E-state index contributed by atoms with van der Waals surface area (Å²) in [5, 5.41) is 1.07. The van der Waals surface area contributed by atoms with Gasteiger partial charge in [0.25, 0.3) is 0 Å². The third-order valence-corrected chi connectivity index (χ3v) is 6.65. The third-order valence-electron chi connectivity index (χ3n) is 6.18. The number of nitrogens with zero attached hydrogens (tertiary/aromatic N) is 2. The summed E-state index contributed by atoms with van der Waals surface area (Å²) in [5.74, 6) is -0.265. The standard InChI is InChI=1S/C20H18Cl2N2O2/c1-19(13-9-11(21)5-7-15(13)23(3)17(19)25)20(2)14-10-12(22)6-8-16(14)24(4)18(20)26/h5-10H,1-4H3. The maximum atomic E-state index is 13.4. The molecule has 2 aliphatic rings. The smallest absolute Gasteiger partial charge is 0.238 e. The number of fused-ring (bicyclic) bond motifs is 2. The number of rotatable bonds is 1. The summed E-state index contributed by atoms with van der Waals surface area (Å²) in [6.07, 6.45) is 0. The lowest BCUT2D eigenvalue weighted by Gasteiger charge is -2.39. The summed E-state index contributed by atoms with van der Waals surface area (Å²) in [6, 6.07) is 10.7. The topological polar surface area (TPSA) is 40.6 Å². The fourth-order valence-corrected chi connectivity index (χ4v) is 4.83. The first kappa shape index (κ1) is 17.4. The number of hydrogen-bond acceptors (Lipinski definition) is 2. The highest BCUT2D eigenvalue weighted by Gasteiger charge is 2.65. The van der Waals surface area contributed by atoms with Gasteiger partial charge in [-0.3, -0.25) is 9.59 Å². The second kappa shape index (κ2) is 5.24. The Balaban J connectivity index is 2.07. The molecule has 2 aromatic carbocycles. The molecule has 0 aromatic heterocycles. The Morgan fingerprint density at radius 2 is 1.08 bits per heavy atom. The summed E-state index contributed by atoms with van der Waals surface area (Å²) < 4.78 is 0. The van der Waals surface area contributed by atoms with Crippen molar-refractivity contribution in [1.82, 2.24) is 0 Å². The van der Waals surface area contributed by atoms with Crippen LogP contribution in [0.2, 0.25) is 10.0 Å². The summed E-state index contributed by atoms with van der Waals surface area (Å²) in [7, 11) is 3.46. The second-order valence-corrected chi connectivity index (χ2v) is 8.17. The van der Waals surface area contributed by atoms with Crippen LogP contribution >= 0.6 is 23.2 Å². The van der Waals surface area contributed by atoms with E-state index in [0.29, 0.717) is 10.0 Å². The second-order valence-electron chi connectivity index (χ2n) is 7.30. The van der Waals surface area contributed by atoms with Crippen molar-refractivity contribution in [2.75, 3.05) is 23.9 Å². The molecule has 2 amide bonds. The van der Waals surface area contributed by atoms with Crippen LogP contribution in [0.1, 0.15) is 25.0 Å². The number of hydrogen-bond donors (Lipinski definition) is 0. The van der Waals surface area contributed by atoms with E-state index in [9.17, 15) is 9.59 Å². The predicted octanol–water partition coefficient (Wildman–Crippen LogP) is 4.16. The molecule has 2 aromatic rings. The first-order valence-electron chi connectivity index (χ1n) is 8.30. The van der Waals surface area contributed by atoms with Crippen molar-refractivity contribution in [2.45, 2.75) is 24.7 Å². The van der Waals surface area contributed by atoms with E-state index in [2.05, 4.69) is 0 Å². The fraction of sp³-hybridized carbons (Fsp3) is 0.300. The Morgan fingerprint density at radius 3 is 1.42 bits per heavy atom. The summed E-state index contributed by atoms with van der Waals surface area (Å²) in [5.41, 5.74) is 0.874. The van der Waals surface area contributed by atoms with Crippen LogP contribution in [0.5, 0.6) is 0 Å². The minimum absolute atomic E-state index is 0.133. The highest BCUT2D eigenvalue weighted by molar-refractivity contribution is 6.31. The maximum Gasteiger partial charge on any atom is 0.238 e. The third kappa shape index (κ3) is 1.81. The average Bonchev–Trinajstić information content (AvgIpc) is 2.93. The largest absolute Gasteiger partial charge is 0.314 e. The number of likely N-dealkylation sites (N-methyl/N-ethyl adjacent to an activating group) is 2. The molecule has 2 atom stereocenters. The lowest BCUT2D eigenvalue weighted by Crippen LogP contribution is -2.56. The molecule has 0 saturated carbocycles. The van der Waals surface area contributed by atoms with Crippen LogP contribution < -0.4 is 9.80 Å². The van der Waals surface area contributed by atoms with Gasteiger partial charge in [0.05, 0.1) is 10.8 Å². The van der Waals surface area contributed by atoms with Gasteiger partial charge in [0.2, 0.25) is 11.8 Å². The maximum absolute atomic E-state index is 13.4. The van der Waals surface area contributed by atoms with Gasteiger partial charge in [-0.1, -0.05) is 23.2 Å². The number of benzene rings is 2. The lowest BCUT2D eigenvalue weighted by atomic mass is 9.59. The number of carbonyl (C=O) groups excluding carboxylic acids is 2. The Kier molecular flexibility index (Phi) is 3.50. The molecule has 2 heterocycles. The zero-order chi connectivity index (χ0) is 19.0. The molecule has 2 aliphatic heterocycles. The SMILES string of the molecule is CN1C(=O)C(C)(C2(C)C(=O)N(C)c3ccc(Cl)cc32)c2cc(Cl)ccc21. The molecule has 0 N–H and O–H groups in total. The highest BCUT2D eigenvalue weighted by atomic mass is 35.5. The zero-order valence-corrected chi connectivity index (χ0v) is 16.4. The average molecular weight is 389 g/mol. The number of carbonyl (C=O) groups is 2. The van der Waals surface area contributed by atoms with E-state index in [-0.39, 0.29) is 11.8 Å². The monoisotopic (exact) mass is 388 g/mol. The summed E-state index contributed by atoms with van der Waals surface area (Å²) in [6.45, 7) is 3.66. The highest BCUT2D eigenvalue weighted by Crippen LogP contribution is 2.58. The molecule has 134 valence electrons. The van der Waals surface area contributed by atoms with E-state index in [1.807, 2.05) is 26.0 Å². The van der Waals surface area contributed by atoms with Crippen molar-refractivity contribution >= 4 is 46.4 Å². The molecule has 6 heteroatoms.